The summed E-state index contributed by atoms with van der Waals surface area (Å²) in [5.74, 6) is 1.41. The molecule has 4 nitrogen and oxygen atoms in total. The molecule has 0 aliphatic heterocycles. The Morgan fingerprint density at radius 1 is 1.23 bits per heavy atom. The van der Waals surface area contributed by atoms with Crippen LogP contribution in [0.25, 0.3) is 0 Å². The number of rotatable bonds is 5. The van der Waals surface area contributed by atoms with E-state index in [9.17, 15) is 4.39 Å². The molecule has 1 heterocycles. The summed E-state index contributed by atoms with van der Waals surface area (Å²) in [7, 11) is 1.72. The Labute approximate surface area is 129 Å². The van der Waals surface area contributed by atoms with E-state index in [1.807, 2.05) is 24.3 Å². The topological polar surface area (TPSA) is 49.6 Å². The summed E-state index contributed by atoms with van der Waals surface area (Å²) >= 11 is 0. The first-order valence-corrected chi connectivity index (χ1v) is 7.45. The minimum atomic E-state index is -0.125. The molecule has 1 saturated carbocycles. The maximum atomic E-state index is 14.0. The van der Waals surface area contributed by atoms with E-state index in [0.29, 0.717) is 19.0 Å². The van der Waals surface area contributed by atoms with Gasteiger partial charge in [-0.25, -0.2) is 4.39 Å². The van der Waals surface area contributed by atoms with Crippen LogP contribution in [-0.4, -0.2) is 19.6 Å². The third-order valence-electron chi connectivity index (χ3n) is 4.13. The molecule has 1 aromatic heterocycles. The van der Waals surface area contributed by atoms with Crippen LogP contribution >= 0.6 is 0 Å². The molecule has 2 N–H and O–H groups in total. The van der Waals surface area contributed by atoms with Crippen molar-refractivity contribution in [2.75, 3.05) is 13.6 Å². The first kappa shape index (κ1) is 14.6. The van der Waals surface area contributed by atoms with E-state index in [4.69, 9.17) is 4.42 Å². The van der Waals surface area contributed by atoms with Gasteiger partial charge in [0.15, 0.2) is 5.96 Å². The first-order chi connectivity index (χ1) is 10.7. The van der Waals surface area contributed by atoms with E-state index in [2.05, 4.69) is 15.6 Å². The molecule has 0 saturated heterocycles. The molecular formula is C17H20FN3O. The zero-order valence-electron chi connectivity index (χ0n) is 12.6. The first-order valence-electron chi connectivity index (χ1n) is 7.45. The highest BCUT2D eigenvalue weighted by molar-refractivity contribution is 5.79. The summed E-state index contributed by atoms with van der Waals surface area (Å²) in [5, 5.41) is 6.48. The van der Waals surface area contributed by atoms with Crippen LogP contribution in [0.1, 0.15) is 24.2 Å². The van der Waals surface area contributed by atoms with Gasteiger partial charge in [0.2, 0.25) is 0 Å². The van der Waals surface area contributed by atoms with Crippen LogP contribution in [-0.2, 0) is 12.0 Å². The van der Waals surface area contributed by atoms with Crippen molar-refractivity contribution in [1.82, 2.24) is 10.6 Å². The molecular weight excluding hydrogens is 281 g/mol. The molecule has 0 bridgehead atoms. The Kier molecular flexibility index (Phi) is 4.13. The molecule has 0 spiro atoms. The standard InChI is InChI=1S/C17H20FN3O/c1-19-16(20-11-13-5-4-10-22-13)21-12-17(8-9-17)14-6-2-3-7-15(14)18/h2-7,10H,8-9,11-12H2,1H3,(H2,19,20,21). The van der Waals surface area contributed by atoms with Crippen molar-refractivity contribution in [1.29, 1.82) is 0 Å². The number of hydrogen-bond donors (Lipinski definition) is 2. The summed E-state index contributed by atoms with van der Waals surface area (Å²) in [4.78, 5) is 4.19. The van der Waals surface area contributed by atoms with Gasteiger partial charge in [-0.1, -0.05) is 18.2 Å². The molecule has 1 aliphatic carbocycles. The van der Waals surface area contributed by atoms with Gasteiger partial charge >= 0.3 is 0 Å². The van der Waals surface area contributed by atoms with Gasteiger partial charge in [-0.15, -0.1) is 0 Å². The number of furan rings is 1. The lowest BCUT2D eigenvalue weighted by Gasteiger charge is -2.19. The van der Waals surface area contributed by atoms with Crippen molar-refractivity contribution < 1.29 is 8.81 Å². The second-order valence-electron chi connectivity index (χ2n) is 5.62. The smallest absolute Gasteiger partial charge is 0.191 e. The largest absolute Gasteiger partial charge is 0.467 e. The minimum absolute atomic E-state index is 0.104. The fraction of sp³-hybridized carbons (Fsp3) is 0.353. The van der Waals surface area contributed by atoms with Crippen molar-refractivity contribution in [3.63, 3.8) is 0 Å². The molecule has 0 unspecified atom stereocenters. The SMILES string of the molecule is CN=C(NCc1ccco1)NCC1(c2ccccc2F)CC1. The van der Waals surface area contributed by atoms with Gasteiger partial charge in [0.25, 0.3) is 0 Å². The number of benzene rings is 1. The molecule has 3 rings (SSSR count). The van der Waals surface area contributed by atoms with Crippen molar-refractivity contribution >= 4 is 5.96 Å². The van der Waals surface area contributed by atoms with E-state index >= 15 is 0 Å². The van der Waals surface area contributed by atoms with Crippen LogP contribution in [0.2, 0.25) is 0 Å². The predicted octanol–water partition coefficient (Wildman–Crippen LogP) is 2.82. The Morgan fingerprint density at radius 2 is 2.05 bits per heavy atom. The van der Waals surface area contributed by atoms with Crippen LogP contribution in [0.5, 0.6) is 0 Å². The number of guanidine groups is 1. The molecule has 22 heavy (non-hydrogen) atoms. The Morgan fingerprint density at radius 3 is 2.68 bits per heavy atom. The third-order valence-corrected chi connectivity index (χ3v) is 4.13. The van der Waals surface area contributed by atoms with Gasteiger partial charge < -0.3 is 15.1 Å². The molecule has 5 heteroatoms. The summed E-state index contributed by atoms with van der Waals surface area (Å²) in [6, 6.07) is 10.8. The van der Waals surface area contributed by atoms with E-state index in [1.54, 1.807) is 19.4 Å². The number of aliphatic imine (C=N–C) groups is 1. The van der Waals surface area contributed by atoms with Crippen LogP contribution in [0.4, 0.5) is 4.39 Å². The maximum Gasteiger partial charge on any atom is 0.191 e. The quantitative estimate of drug-likeness (QED) is 0.659. The highest BCUT2D eigenvalue weighted by atomic mass is 19.1. The summed E-state index contributed by atoms with van der Waals surface area (Å²) in [6.07, 6.45) is 3.64. The van der Waals surface area contributed by atoms with E-state index in [0.717, 1.165) is 24.2 Å². The van der Waals surface area contributed by atoms with Crippen molar-refractivity contribution in [2.45, 2.75) is 24.8 Å². The van der Waals surface area contributed by atoms with Gasteiger partial charge in [0.05, 0.1) is 12.8 Å². The monoisotopic (exact) mass is 301 g/mol. The zero-order chi connectivity index (χ0) is 15.4. The highest BCUT2D eigenvalue weighted by Crippen LogP contribution is 2.48. The Balaban J connectivity index is 1.58. The van der Waals surface area contributed by atoms with Crippen LogP contribution in [0.3, 0.4) is 0 Å². The zero-order valence-corrected chi connectivity index (χ0v) is 12.6. The normalized spacial score (nSPS) is 16.4. The van der Waals surface area contributed by atoms with Gasteiger partial charge in [0, 0.05) is 19.0 Å². The number of nitrogens with one attached hydrogen (secondary N) is 2. The number of nitrogens with zero attached hydrogens (tertiary/aromatic N) is 1. The summed E-state index contributed by atoms with van der Waals surface area (Å²) in [5.41, 5.74) is 0.692. The molecule has 116 valence electrons. The third kappa shape index (κ3) is 3.13. The second-order valence-corrected chi connectivity index (χ2v) is 5.62. The van der Waals surface area contributed by atoms with Crippen molar-refractivity contribution in [3.05, 3.63) is 59.8 Å². The number of halogens is 1. The molecule has 2 aromatic rings. The molecule has 1 aromatic carbocycles. The summed E-state index contributed by atoms with van der Waals surface area (Å²) < 4.78 is 19.3. The lowest BCUT2D eigenvalue weighted by atomic mass is 9.95. The van der Waals surface area contributed by atoms with E-state index < -0.39 is 0 Å². The van der Waals surface area contributed by atoms with Gasteiger partial charge in [-0.3, -0.25) is 4.99 Å². The maximum absolute atomic E-state index is 14.0. The van der Waals surface area contributed by atoms with Crippen LogP contribution in [0.15, 0.2) is 52.1 Å². The van der Waals surface area contributed by atoms with Crippen molar-refractivity contribution in [2.24, 2.45) is 4.99 Å². The van der Waals surface area contributed by atoms with Crippen LogP contribution in [0, 0.1) is 5.82 Å². The average molecular weight is 301 g/mol. The van der Waals surface area contributed by atoms with Crippen LogP contribution < -0.4 is 10.6 Å². The molecule has 1 aliphatic rings. The second kappa shape index (κ2) is 6.22. The fourth-order valence-electron chi connectivity index (χ4n) is 2.64. The Bertz CT molecular complexity index is 648. The molecule has 1 fully saturated rings. The predicted molar refractivity (Wildman–Crippen MR) is 84.2 cm³/mol. The Hall–Kier alpha value is -2.30. The summed E-state index contributed by atoms with van der Waals surface area (Å²) in [6.45, 7) is 1.24. The fourth-order valence-corrected chi connectivity index (χ4v) is 2.64. The lowest BCUT2D eigenvalue weighted by molar-refractivity contribution is 0.500. The molecule has 0 atom stereocenters. The lowest BCUT2D eigenvalue weighted by Crippen LogP contribution is -2.41. The highest BCUT2D eigenvalue weighted by Gasteiger charge is 2.45. The minimum Gasteiger partial charge on any atom is -0.467 e. The van der Waals surface area contributed by atoms with Gasteiger partial charge in [0.1, 0.15) is 11.6 Å². The van der Waals surface area contributed by atoms with E-state index in [1.165, 1.54) is 6.07 Å². The average Bonchev–Trinajstić information content (AvgIpc) is 3.13. The molecule has 0 amide bonds. The number of hydrogen-bond acceptors (Lipinski definition) is 2. The van der Waals surface area contributed by atoms with Gasteiger partial charge in [-0.2, -0.15) is 0 Å². The van der Waals surface area contributed by atoms with Crippen molar-refractivity contribution in [3.8, 4) is 0 Å². The van der Waals surface area contributed by atoms with Gasteiger partial charge in [-0.05, 0) is 36.6 Å². The molecule has 0 radical (unpaired) electrons. The van der Waals surface area contributed by atoms with E-state index in [-0.39, 0.29) is 11.2 Å².